The van der Waals surface area contributed by atoms with Crippen LogP contribution in [0, 0.1) is 6.07 Å². The molecule has 0 aliphatic rings. The summed E-state index contributed by atoms with van der Waals surface area (Å²) in [6, 6.07) is 48.4. The second-order valence-electron chi connectivity index (χ2n) is 7.41. The van der Waals surface area contributed by atoms with E-state index < -0.39 is 0 Å². The Labute approximate surface area is 189 Å². The summed E-state index contributed by atoms with van der Waals surface area (Å²) in [5, 5.41) is 0. The number of hydrogen-bond acceptors (Lipinski definition) is 2. The molecule has 1 radical (unpaired) electrons. The van der Waals surface area contributed by atoms with Crippen LogP contribution >= 0.6 is 0 Å². The number of ether oxygens (including phenoxy) is 1. The topological polar surface area (TPSA) is 12.5 Å². The van der Waals surface area contributed by atoms with Gasteiger partial charge < -0.3 is 9.64 Å². The summed E-state index contributed by atoms with van der Waals surface area (Å²) in [7, 11) is 0. The van der Waals surface area contributed by atoms with Crippen LogP contribution in [-0.4, -0.2) is 0 Å². The zero-order chi connectivity index (χ0) is 21.6. The van der Waals surface area contributed by atoms with E-state index in [-0.39, 0.29) is 0 Å². The van der Waals surface area contributed by atoms with Gasteiger partial charge in [-0.3, -0.25) is 0 Å². The van der Waals surface area contributed by atoms with E-state index in [2.05, 4.69) is 89.8 Å². The lowest BCUT2D eigenvalue weighted by Crippen LogP contribution is -2.09. The molecule has 0 aliphatic heterocycles. The first kappa shape index (κ1) is 19.7. The Balaban J connectivity index is 1.45. The summed E-state index contributed by atoms with van der Waals surface area (Å²) in [5.74, 6) is 1.51. The molecule has 0 aromatic heterocycles. The fourth-order valence-corrected chi connectivity index (χ4v) is 3.70. The molecule has 0 unspecified atom stereocenters. The van der Waals surface area contributed by atoms with E-state index in [1.165, 1.54) is 0 Å². The van der Waals surface area contributed by atoms with Gasteiger partial charge in [0.25, 0.3) is 0 Å². The van der Waals surface area contributed by atoms with Crippen molar-refractivity contribution in [3.8, 4) is 22.6 Å². The zero-order valence-electron chi connectivity index (χ0n) is 17.6. The van der Waals surface area contributed by atoms with Gasteiger partial charge in [0.1, 0.15) is 11.5 Å². The van der Waals surface area contributed by atoms with Crippen molar-refractivity contribution < 1.29 is 4.74 Å². The van der Waals surface area contributed by atoms with Crippen LogP contribution in [0.4, 0.5) is 17.1 Å². The molecule has 0 spiro atoms. The van der Waals surface area contributed by atoms with Gasteiger partial charge in [0.15, 0.2) is 0 Å². The highest BCUT2D eigenvalue weighted by molar-refractivity contribution is 5.78. The first-order valence-electron chi connectivity index (χ1n) is 10.6. The predicted octanol–water partition coefficient (Wildman–Crippen LogP) is 8.42. The Hall–Kier alpha value is -4.30. The van der Waals surface area contributed by atoms with Crippen LogP contribution in [0.25, 0.3) is 11.1 Å². The minimum absolute atomic E-state index is 0.702. The second-order valence-corrected chi connectivity index (χ2v) is 7.41. The fourth-order valence-electron chi connectivity index (χ4n) is 3.70. The average Bonchev–Trinajstić information content (AvgIpc) is 2.87. The van der Waals surface area contributed by atoms with Crippen molar-refractivity contribution in [2.24, 2.45) is 0 Å². The van der Waals surface area contributed by atoms with Crippen molar-refractivity contribution in [1.29, 1.82) is 0 Å². The lowest BCUT2D eigenvalue weighted by molar-refractivity contribution is 0.482. The van der Waals surface area contributed by atoms with Crippen LogP contribution in [0.1, 0.15) is 0 Å². The van der Waals surface area contributed by atoms with Crippen LogP contribution in [-0.2, 0) is 0 Å². The minimum atomic E-state index is 0.702. The maximum absolute atomic E-state index is 5.95. The van der Waals surface area contributed by atoms with Gasteiger partial charge in [-0.15, -0.1) is 0 Å². The fraction of sp³-hybridized carbons (Fsp3) is 0. The Morgan fingerprint density at radius 2 is 1.03 bits per heavy atom. The van der Waals surface area contributed by atoms with Crippen molar-refractivity contribution in [3.05, 3.63) is 140 Å². The SMILES string of the molecule is [c]1ccc(-c2ccc(N(c3ccccc3)c3ccccc3)cc2)cc1Oc1ccccc1. The molecule has 2 nitrogen and oxygen atoms in total. The summed E-state index contributed by atoms with van der Waals surface area (Å²) >= 11 is 0. The summed E-state index contributed by atoms with van der Waals surface area (Å²) < 4.78 is 5.95. The van der Waals surface area contributed by atoms with Gasteiger partial charge in [-0.1, -0.05) is 72.8 Å². The highest BCUT2D eigenvalue weighted by Gasteiger charge is 2.12. The van der Waals surface area contributed by atoms with E-state index in [1.54, 1.807) is 0 Å². The lowest BCUT2D eigenvalue weighted by Gasteiger charge is -2.25. The predicted molar refractivity (Wildman–Crippen MR) is 132 cm³/mol. The van der Waals surface area contributed by atoms with Crippen molar-refractivity contribution in [2.45, 2.75) is 0 Å². The molecule has 0 amide bonds. The second kappa shape index (κ2) is 9.23. The van der Waals surface area contributed by atoms with Crippen molar-refractivity contribution >= 4 is 17.1 Å². The van der Waals surface area contributed by atoms with Crippen LogP contribution in [0.5, 0.6) is 11.5 Å². The standard InChI is InChI=1S/C30H22NO/c1-4-12-26(13-5-1)31(27-14-6-2-7-15-27)28-21-19-24(20-22-28)25-11-10-18-30(23-25)32-29-16-8-3-9-17-29/h1-17,19-23H. The molecular formula is C30H22NO. The molecule has 0 fully saturated rings. The molecule has 5 rings (SSSR count). The minimum Gasteiger partial charge on any atom is -0.457 e. The smallest absolute Gasteiger partial charge is 0.136 e. The molecule has 0 atom stereocenters. The Bertz CT molecular complexity index is 1230. The zero-order valence-corrected chi connectivity index (χ0v) is 17.6. The third-order valence-electron chi connectivity index (χ3n) is 5.23. The summed E-state index contributed by atoms with van der Waals surface area (Å²) in [5.41, 5.74) is 5.57. The number of nitrogens with zero attached hydrogens (tertiary/aromatic N) is 1. The molecule has 0 saturated heterocycles. The van der Waals surface area contributed by atoms with Crippen LogP contribution < -0.4 is 9.64 Å². The van der Waals surface area contributed by atoms with E-state index in [9.17, 15) is 0 Å². The van der Waals surface area contributed by atoms with Crippen molar-refractivity contribution in [3.63, 3.8) is 0 Å². The summed E-state index contributed by atoms with van der Waals surface area (Å²) in [6.45, 7) is 0. The van der Waals surface area contributed by atoms with Crippen LogP contribution in [0.2, 0.25) is 0 Å². The van der Waals surface area contributed by atoms with E-state index in [0.717, 1.165) is 33.9 Å². The number of hydrogen-bond donors (Lipinski definition) is 0. The van der Waals surface area contributed by atoms with Gasteiger partial charge in [-0.2, -0.15) is 0 Å². The van der Waals surface area contributed by atoms with Crippen molar-refractivity contribution in [1.82, 2.24) is 0 Å². The normalized spacial score (nSPS) is 10.5. The van der Waals surface area contributed by atoms with E-state index in [1.807, 2.05) is 54.6 Å². The number of para-hydroxylation sites is 3. The maximum Gasteiger partial charge on any atom is 0.136 e. The molecule has 32 heavy (non-hydrogen) atoms. The molecule has 153 valence electrons. The molecule has 0 saturated carbocycles. The quantitative estimate of drug-likeness (QED) is 0.277. The Morgan fingerprint density at radius 1 is 0.500 bits per heavy atom. The molecule has 5 aromatic rings. The summed E-state index contributed by atoms with van der Waals surface area (Å²) in [4.78, 5) is 2.26. The van der Waals surface area contributed by atoms with Crippen LogP contribution in [0.3, 0.4) is 0 Å². The highest BCUT2D eigenvalue weighted by atomic mass is 16.5. The van der Waals surface area contributed by atoms with E-state index in [4.69, 9.17) is 4.74 Å². The molecule has 0 aliphatic carbocycles. The van der Waals surface area contributed by atoms with Gasteiger partial charge in [0.05, 0.1) is 0 Å². The maximum atomic E-state index is 5.95. The Kier molecular flexibility index (Phi) is 5.67. The third kappa shape index (κ3) is 4.40. The monoisotopic (exact) mass is 412 g/mol. The molecule has 2 heteroatoms. The average molecular weight is 413 g/mol. The van der Waals surface area contributed by atoms with E-state index in [0.29, 0.717) is 5.75 Å². The molecule has 5 aromatic carbocycles. The number of benzene rings is 5. The number of anilines is 3. The van der Waals surface area contributed by atoms with Crippen LogP contribution in [0.15, 0.2) is 133 Å². The first-order valence-corrected chi connectivity index (χ1v) is 10.6. The highest BCUT2D eigenvalue weighted by Crippen LogP contribution is 2.35. The molecular weight excluding hydrogens is 390 g/mol. The van der Waals surface area contributed by atoms with Gasteiger partial charge in [0.2, 0.25) is 0 Å². The van der Waals surface area contributed by atoms with Gasteiger partial charge in [-0.25, -0.2) is 0 Å². The molecule has 0 bridgehead atoms. The third-order valence-corrected chi connectivity index (χ3v) is 5.23. The number of rotatable bonds is 6. The lowest BCUT2D eigenvalue weighted by atomic mass is 10.0. The molecule has 0 N–H and O–H groups in total. The van der Waals surface area contributed by atoms with E-state index >= 15 is 0 Å². The Morgan fingerprint density at radius 3 is 1.62 bits per heavy atom. The summed E-state index contributed by atoms with van der Waals surface area (Å²) in [6.07, 6.45) is 0. The van der Waals surface area contributed by atoms with Gasteiger partial charge in [-0.05, 0) is 71.8 Å². The largest absolute Gasteiger partial charge is 0.457 e. The van der Waals surface area contributed by atoms with Gasteiger partial charge >= 0.3 is 0 Å². The van der Waals surface area contributed by atoms with Crippen molar-refractivity contribution in [2.75, 3.05) is 4.90 Å². The first-order chi connectivity index (χ1) is 15.9. The van der Waals surface area contributed by atoms with Gasteiger partial charge in [0, 0.05) is 23.1 Å². The molecule has 0 heterocycles.